The van der Waals surface area contributed by atoms with Gasteiger partial charge in [-0.05, 0) is 34.2 Å². The molecule has 2 atom stereocenters. The highest BCUT2D eigenvalue weighted by Crippen LogP contribution is 2.55. The third-order valence-corrected chi connectivity index (χ3v) is 7.34. The molecule has 1 aliphatic heterocycles. The third kappa shape index (κ3) is 1.85. The second kappa shape index (κ2) is 5.54. The molecule has 0 bridgehead atoms. The van der Waals surface area contributed by atoms with Gasteiger partial charge in [0.2, 0.25) is 0 Å². The molecular formula is C28H22N2. The van der Waals surface area contributed by atoms with Crippen molar-refractivity contribution in [2.75, 3.05) is 11.9 Å². The summed E-state index contributed by atoms with van der Waals surface area (Å²) in [5.41, 5.74) is 8.27. The Kier molecular flexibility index (Phi) is 3.01. The van der Waals surface area contributed by atoms with Crippen LogP contribution in [0.15, 0.2) is 78.9 Å². The van der Waals surface area contributed by atoms with Crippen molar-refractivity contribution in [1.29, 1.82) is 0 Å². The molecule has 2 unspecified atom stereocenters. The Labute approximate surface area is 175 Å². The average Bonchev–Trinajstić information content (AvgIpc) is 3.26. The molecule has 7 rings (SSSR count). The lowest BCUT2D eigenvalue weighted by Crippen LogP contribution is -2.23. The molecule has 4 aromatic carbocycles. The zero-order valence-corrected chi connectivity index (χ0v) is 17.1. The second-order valence-corrected chi connectivity index (χ2v) is 8.70. The summed E-state index contributed by atoms with van der Waals surface area (Å²) < 4.78 is 2.39. The minimum Gasteiger partial charge on any atom is -0.366 e. The second-order valence-electron chi connectivity index (χ2n) is 8.70. The van der Waals surface area contributed by atoms with Gasteiger partial charge in [-0.2, -0.15) is 0 Å². The Morgan fingerprint density at radius 1 is 0.767 bits per heavy atom. The molecule has 0 radical (unpaired) electrons. The lowest BCUT2D eigenvalue weighted by molar-refractivity contribution is 0.649. The molecule has 0 N–H and O–H groups in total. The molecule has 30 heavy (non-hydrogen) atoms. The summed E-state index contributed by atoms with van der Waals surface area (Å²) in [4.78, 5) is 2.49. The summed E-state index contributed by atoms with van der Waals surface area (Å²) in [6.45, 7) is 0. The van der Waals surface area contributed by atoms with E-state index in [1.165, 1.54) is 55.0 Å². The highest BCUT2D eigenvalue weighted by Gasteiger charge is 2.40. The van der Waals surface area contributed by atoms with E-state index in [-0.39, 0.29) is 0 Å². The van der Waals surface area contributed by atoms with E-state index in [9.17, 15) is 0 Å². The normalized spacial score (nSPS) is 19.5. The molecule has 2 nitrogen and oxygen atoms in total. The summed E-state index contributed by atoms with van der Waals surface area (Å²) in [6, 6.07) is 27.2. The number of anilines is 1. The van der Waals surface area contributed by atoms with Crippen molar-refractivity contribution in [1.82, 2.24) is 4.57 Å². The van der Waals surface area contributed by atoms with Gasteiger partial charge in [-0.15, -0.1) is 0 Å². The predicted octanol–water partition coefficient (Wildman–Crippen LogP) is 6.79. The van der Waals surface area contributed by atoms with E-state index < -0.39 is 0 Å². The quantitative estimate of drug-likeness (QED) is 0.285. The Bertz CT molecular complexity index is 1540. The minimum atomic E-state index is 0.363. The maximum Gasteiger partial charge on any atom is 0.0649 e. The number of rotatable bonds is 0. The molecule has 144 valence electrons. The van der Waals surface area contributed by atoms with Crippen LogP contribution >= 0.6 is 0 Å². The SMILES string of the molecule is CN1c2ccc3c(c2C2C=Cc4ccccc4C21)c1ccc2ccccc2c1n3C. The van der Waals surface area contributed by atoms with Crippen LogP contribution in [0.1, 0.15) is 28.7 Å². The standard InChI is InChI=1S/C28H22N2/c1-29-23-15-16-24-26(22-14-12-18-8-4-6-10-20(18)28(22)30(24)2)25(23)21-13-11-17-7-3-5-9-19(17)27(21)29/h3-16,21,27H,1-2H3. The van der Waals surface area contributed by atoms with Crippen LogP contribution in [-0.4, -0.2) is 11.6 Å². The molecule has 0 amide bonds. The van der Waals surface area contributed by atoms with Crippen LogP contribution in [0.5, 0.6) is 0 Å². The smallest absolute Gasteiger partial charge is 0.0649 e. The monoisotopic (exact) mass is 386 g/mol. The van der Waals surface area contributed by atoms with E-state index in [1.807, 2.05) is 0 Å². The maximum absolute atomic E-state index is 2.49. The fourth-order valence-corrected chi connectivity index (χ4v) is 6.03. The van der Waals surface area contributed by atoms with Crippen LogP contribution in [-0.2, 0) is 7.05 Å². The first-order chi connectivity index (χ1) is 14.7. The van der Waals surface area contributed by atoms with Crippen molar-refractivity contribution >= 4 is 44.3 Å². The van der Waals surface area contributed by atoms with Gasteiger partial charge in [0.05, 0.1) is 11.6 Å². The third-order valence-electron chi connectivity index (χ3n) is 7.34. The fraction of sp³-hybridized carbons (Fsp3) is 0.143. The average molecular weight is 386 g/mol. The Morgan fingerprint density at radius 3 is 2.53 bits per heavy atom. The van der Waals surface area contributed by atoms with Crippen LogP contribution < -0.4 is 4.90 Å². The van der Waals surface area contributed by atoms with Gasteiger partial charge in [-0.3, -0.25) is 0 Å². The highest BCUT2D eigenvalue weighted by atomic mass is 15.2. The molecule has 2 heteroatoms. The van der Waals surface area contributed by atoms with Crippen LogP contribution in [0.2, 0.25) is 0 Å². The summed E-state index contributed by atoms with van der Waals surface area (Å²) in [6.07, 6.45) is 4.74. The number of aromatic nitrogens is 1. The topological polar surface area (TPSA) is 8.17 Å². The summed E-state index contributed by atoms with van der Waals surface area (Å²) in [5, 5.41) is 5.41. The van der Waals surface area contributed by atoms with Crippen LogP contribution in [0, 0.1) is 0 Å². The van der Waals surface area contributed by atoms with E-state index in [0.29, 0.717) is 12.0 Å². The van der Waals surface area contributed by atoms with Gasteiger partial charge in [-0.25, -0.2) is 0 Å². The Hall–Kier alpha value is -3.52. The van der Waals surface area contributed by atoms with Gasteiger partial charge in [0.25, 0.3) is 0 Å². The largest absolute Gasteiger partial charge is 0.366 e. The van der Waals surface area contributed by atoms with E-state index in [1.54, 1.807) is 0 Å². The van der Waals surface area contributed by atoms with Crippen molar-refractivity contribution in [2.45, 2.75) is 12.0 Å². The molecule has 0 saturated carbocycles. The van der Waals surface area contributed by atoms with Crippen molar-refractivity contribution < 1.29 is 0 Å². The van der Waals surface area contributed by atoms with E-state index >= 15 is 0 Å². The zero-order valence-electron chi connectivity index (χ0n) is 17.1. The number of benzene rings is 4. The van der Waals surface area contributed by atoms with Crippen LogP contribution in [0.4, 0.5) is 5.69 Å². The Balaban J connectivity index is 1.61. The molecule has 2 heterocycles. The molecular weight excluding hydrogens is 364 g/mol. The lowest BCUT2D eigenvalue weighted by Gasteiger charge is -2.30. The van der Waals surface area contributed by atoms with Gasteiger partial charge in [0, 0.05) is 47.4 Å². The fourth-order valence-electron chi connectivity index (χ4n) is 6.03. The van der Waals surface area contributed by atoms with Gasteiger partial charge in [-0.1, -0.05) is 72.8 Å². The summed E-state index contributed by atoms with van der Waals surface area (Å²) in [5.74, 6) is 0.376. The first-order valence-corrected chi connectivity index (χ1v) is 10.7. The molecule has 0 saturated heterocycles. The van der Waals surface area contributed by atoms with Crippen LogP contribution in [0.25, 0.3) is 38.7 Å². The van der Waals surface area contributed by atoms with Gasteiger partial charge in [0.1, 0.15) is 0 Å². The lowest BCUT2D eigenvalue weighted by atomic mass is 9.82. The van der Waals surface area contributed by atoms with Crippen molar-refractivity contribution in [3.63, 3.8) is 0 Å². The number of likely N-dealkylation sites (N-methyl/N-ethyl adjacent to an activating group) is 1. The number of nitrogens with zero attached hydrogens (tertiary/aromatic N) is 2. The first kappa shape index (κ1) is 16.3. The summed E-state index contributed by atoms with van der Waals surface area (Å²) >= 11 is 0. The number of fused-ring (bicyclic) bond motifs is 11. The maximum atomic E-state index is 2.49. The molecule has 2 aliphatic rings. The molecule has 1 aliphatic carbocycles. The minimum absolute atomic E-state index is 0.363. The van der Waals surface area contributed by atoms with Crippen molar-refractivity contribution in [3.8, 4) is 0 Å². The zero-order chi connectivity index (χ0) is 20.0. The number of hydrogen-bond donors (Lipinski definition) is 0. The van der Waals surface area contributed by atoms with Gasteiger partial charge < -0.3 is 9.47 Å². The molecule has 0 spiro atoms. The Morgan fingerprint density at radius 2 is 1.60 bits per heavy atom. The van der Waals surface area contributed by atoms with Gasteiger partial charge in [0.15, 0.2) is 0 Å². The molecule has 1 aromatic heterocycles. The van der Waals surface area contributed by atoms with Crippen molar-refractivity contribution in [2.24, 2.45) is 7.05 Å². The van der Waals surface area contributed by atoms with Gasteiger partial charge >= 0.3 is 0 Å². The van der Waals surface area contributed by atoms with E-state index in [2.05, 4.69) is 109 Å². The predicted molar refractivity (Wildman–Crippen MR) is 127 cm³/mol. The summed E-state index contributed by atoms with van der Waals surface area (Å²) in [7, 11) is 4.47. The van der Waals surface area contributed by atoms with E-state index in [4.69, 9.17) is 0 Å². The number of hydrogen-bond acceptors (Lipinski definition) is 1. The highest BCUT2D eigenvalue weighted by molar-refractivity contribution is 6.19. The number of aryl methyl sites for hydroxylation is 1. The molecule has 5 aromatic rings. The van der Waals surface area contributed by atoms with Crippen molar-refractivity contribution in [3.05, 3.63) is 95.6 Å². The molecule has 0 fully saturated rings. The van der Waals surface area contributed by atoms with E-state index in [0.717, 1.165) is 0 Å². The van der Waals surface area contributed by atoms with Crippen LogP contribution in [0.3, 0.4) is 0 Å². The first-order valence-electron chi connectivity index (χ1n) is 10.7.